The molecule has 4 rings (SSSR count). The van der Waals surface area contributed by atoms with Gasteiger partial charge in [0.2, 0.25) is 5.91 Å². The minimum atomic E-state index is 0.00398. The van der Waals surface area contributed by atoms with Gasteiger partial charge >= 0.3 is 0 Å². The van der Waals surface area contributed by atoms with Crippen molar-refractivity contribution >= 4 is 17.7 Å². The Morgan fingerprint density at radius 2 is 2.00 bits per heavy atom. The highest BCUT2D eigenvalue weighted by Crippen LogP contribution is 2.31. The zero-order valence-corrected chi connectivity index (χ0v) is 15.9. The molecule has 0 saturated heterocycles. The largest absolute Gasteiger partial charge is 0.493 e. The van der Waals surface area contributed by atoms with Crippen LogP contribution >= 0.6 is 11.8 Å². The molecule has 6 heteroatoms. The molecule has 1 amide bonds. The van der Waals surface area contributed by atoms with Crippen molar-refractivity contribution in [3.8, 4) is 17.0 Å². The Bertz CT molecular complexity index is 940. The van der Waals surface area contributed by atoms with Crippen molar-refractivity contribution in [1.29, 1.82) is 0 Å². The maximum atomic E-state index is 12.5. The number of ether oxygens (including phenoxy) is 1. The van der Waals surface area contributed by atoms with E-state index in [0.717, 1.165) is 34.1 Å². The van der Waals surface area contributed by atoms with Crippen LogP contribution in [0.5, 0.6) is 5.75 Å². The Morgan fingerprint density at radius 1 is 1.22 bits per heavy atom. The maximum Gasteiger partial charge on any atom is 0.230 e. The van der Waals surface area contributed by atoms with Crippen LogP contribution in [0.15, 0.2) is 66.0 Å². The first kappa shape index (κ1) is 17.7. The van der Waals surface area contributed by atoms with Crippen LogP contribution in [0.3, 0.4) is 0 Å². The van der Waals surface area contributed by atoms with Gasteiger partial charge in [-0.1, -0.05) is 60.3 Å². The van der Waals surface area contributed by atoms with Crippen LogP contribution in [0.2, 0.25) is 0 Å². The van der Waals surface area contributed by atoms with E-state index in [2.05, 4.69) is 22.4 Å². The van der Waals surface area contributed by atoms with Gasteiger partial charge in [0.15, 0.2) is 5.16 Å². The lowest BCUT2D eigenvalue weighted by atomic mass is 10.0. The molecule has 0 bridgehead atoms. The van der Waals surface area contributed by atoms with Crippen molar-refractivity contribution in [3.63, 3.8) is 0 Å². The SMILES string of the molecule is Cn1c(-c2ccccc2)cnc1SCC(=O)NC1CCOc2ccccc21. The molecule has 0 fully saturated rings. The molecule has 0 saturated carbocycles. The number of amides is 1. The molecule has 1 aliphatic heterocycles. The lowest BCUT2D eigenvalue weighted by Gasteiger charge is -2.26. The zero-order valence-electron chi connectivity index (χ0n) is 15.1. The quantitative estimate of drug-likeness (QED) is 0.685. The van der Waals surface area contributed by atoms with Gasteiger partial charge in [-0.15, -0.1) is 0 Å². The minimum Gasteiger partial charge on any atom is -0.493 e. The smallest absolute Gasteiger partial charge is 0.230 e. The molecule has 0 radical (unpaired) electrons. The van der Waals surface area contributed by atoms with E-state index in [1.165, 1.54) is 11.8 Å². The number of benzene rings is 2. The average Bonchev–Trinajstić information content (AvgIpc) is 3.08. The summed E-state index contributed by atoms with van der Waals surface area (Å²) < 4.78 is 7.68. The third-order valence-electron chi connectivity index (χ3n) is 4.64. The number of imidazole rings is 1. The molecular formula is C21H21N3O2S. The second-order valence-electron chi connectivity index (χ2n) is 6.43. The predicted octanol–water partition coefficient (Wildman–Crippen LogP) is 3.82. The summed E-state index contributed by atoms with van der Waals surface area (Å²) in [6.45, 7) is 0.620. The lowest BCUT2D eigenvalue weighted by Crippen LogP contribution is -2.33. The van der Waals surface area contributed by atoms with E-state index in [4.69, 9.17) is 4.74 Å². The maximum absolute atomic E-state index is 12.5. The number of hydrogen-bond acceptors (Lipinski definition) is 4. The van der Waals surface area contributed by atoms with Gasteiger partial charge in [-0.05, 0) is 11.6 Å². The van der Waals surface area contributed by atoms with Crippen molar-refractivity contribution in [2.24, 2.45) is 7.05 Å². The first-order chi connectivity index (χ1) is 13.2. The van der Waals surface area contributed by atoms with Crippen LogP contribution in [0.4, 0.5) is 0 Å². The van der Waals surface area contributed by atoms with E-state index >= 15 is 0 Å². The summed E-state index contributed by atoms with van der Waals surface area (Å²) >= 11 is 1.45. The summed E-state index contributed by atoms with van der Waals surface area (Å²) in [4.78, 5) is 16.9. The Kier molecular flexibility index (Phi) is 5.16. The van der Waals surface area contributed by atoms with Gasteiger partial charge in [0.1, 0.15) is 5.75 Å². The number of nitrogens with one attached hydrogen (secondary N) is 1. The molecule has 138 valence electrons. The van der Waals surface area contributed by atoms with Crippen molar-refractivity contribution in [1.82, 2.24) is 14.9 Å². The van der Waals surface area contributed by atoms with Gasteiger partial charge in [0, 0.05) is 19.0 Å². The first-order valence-corrected chi connectivity index (χ1v) is 9.92. The van der Waals surface area contributed by atoms with Crippen molar-refractivity contribution in [3.05, 3.63) is 66.4 Å². The highest BCUT2D eigenvalue weighted by Gasteiger charge is 2.22. The Balaban J connectivity index is 1.39. The molecular weight excluding hydrogens is 358 g/mol. The van der Waals surface area contributed by atoms with E-state index in [0.29, 0.717) is 12.4 Å². The number of rotatable bonds is 5. The van der Waals surface area contributed by atoms with Gasteiger partial charge < -0.3 is 14.6 Å². The predicted molar refractivity (Wildman–Crippen MR) is 107 cm³/mol. The summed E-state index contributed by atoms with van der Waals surface area (Å²) in [6, 6.07) is 18.0. The molecule has 0 spiro atoms. The van der Waals surface area contributed by atoms with Gasteiger partial charge in [-0.25, -0.2) is 4.98 Å². The van der Waals surface area contributed by atoms with Crippen molar-refractivity contribution in [2.75, 3.05) is 12.4 Å². The summed E-state index contributed by atoms with van der Waals surface area (Å²) in [5, 5.41) is 3.96. The molecule has 1 aliphatic rings. The number of fused-ring (bicyclic) bond motifs is 1. The number of carbonyl (C=O) groups excluding carboxylic acids is 1. The number of aromatic nitrogens is 2. The molecule has 0 aliphatic carbocycles. The fraction of sp³-hybridized carbons (Fsp3) is 0.238. The van der Waals surface area contributed by atoms with Gasteiger partial charge in [0.05, 0.1) is 30.3 Å². The normalized spacial score (nSPS) is 15.7. The number of hydrogen-bond donors (Lipinski definition) is 1. The highest BCUT2D eigenvalue weighted by molar-refractivity contribution is 7.99. The molecule has 2 aromatic carbocycles. The van der Waals surface area contributed by atoms with E-state index in [-0.39, 0.29) is 11.9 Å². The molecule has 5 nitrogen and oxygen atoms in total. The van der Waals surface area contributed by atoms with Crippen molar-refractivity contribution < 1.29 is 9.53 Å². The van der Waals surface area contributed by atoms with Crippen LogP contribution in [0, 0.1) is 0 Å². The van der Waals surface area contributed by atoms with Gasteiger partial charge in [0.25, 0.3) is 0 Å². The Morgan fingerprint density at radius 3 is 2.85 bits per heavy atom. The van der Waals surface area contributed by atoms with E-state index < -0.39 is 0 Å². The van der Waals surface area contributed by atoms with Crippen LogP contribution < -0.4 is 10.1 Å². The second kappa shape index (κ2) is 7.88. The topological polar surface area (TPSA) is 56.2 Å². The van der Waals surface area contributed by atoms with Gasteiger partial charge in [-0.3, -0.25) is 4.79 Å². The van der Waals surface area contributed by atoms with Crippen LogP contribution in [0.25, 0.3) is 11.3 Å². The van der Waals surface area contributed by atoms with Gasteiger partial charge in [-0.2, -0.15) is 0 Å². The van der Waals surface area contributed by atoms with Crippen molar-refractivity contribution in [2.45, 2.75) is 17.6 Å². The summed E-state index contributed by atoms with van der Waals surface area (Å²) in [5.41, 5.74) is 3.20. The van der Waals surface area contributed by atoms with Crippen LogP contribution in [-0.4, -0.2) is 27.8 Å². The summed E-state index contributed by atoms with van der Waals surface area (Å²) in [7, 11) is 1.98. The molecule has 27 heavy (non-hydrogen) atoms. The zero-order chi connectivity index (χ0) is 18.6. The van der Waals surface area contributed by atoms with E-state index in [9.17, 15) is 4.79 Å². The molecule has 1 unspecified atom stereocenters. The number of para-hydroxylation sites is 1. The standard InChI is InChI=1S/C21H21N3O2S/c1-24-18(15-7-3-2-4-8-15)13-22-21(24)27-14-20(25)23-17-11-12-26-19-10-6-5-9-16(17)19/h2-10,13,17H,11-12,14H2,1H3,(H,23,25). The van der Waals surface area contributed by atoms with Crippen LogP contribution in [0.1, 0.15) is 18.0 Å². The van der Waals surface area contributed by atoms with E-state index in [1.54, 1.807) is 0 Å². The number of carbonyl (C=O) groups is 1. The first-order valence-electron chi connectivity index (χ1n) is 8.93. The average molecular weight is 379 g/mol. The molecule has 1 N–H and O–H groups in total. The third kappa shape index (κ3) is 3.85. The highest BCUT2D eigenvalue weighted by atomic mass is 32.2. The fourth-order valence-corrected chi connectivity index (χ4v) is 4.02. The molecule has 1 atom stereocenters. The number of nitrogens with zero attached hydrogens (tertiary/aromatic N) is 2. The monoisotopic (exact) mass is 379 g/mol. The Hall–Kier alpha value is -2.73. The number of thioether (sulfide) groups is 1. The third-order valence-corrected chi connectivity index (χ3v) is 5.69. The fourth-order valence-electron chi connectivity index (χ4n) is 3.26. The molecule has 1 aromatic heterocycles. The van der Waals surface area contributed by atoms with E-state index in [1.807, 2.05) is 60.3 Å². The molecule has 2 heterocycles. The summed E-state index contributed by atoms with van der Waals surface area (Å²) in [6.07, 6.45) is 2.64. The second-order valence-corrected chi connectivity index (χ2v) is 7.38. The minimum absolute atomic E-state index is 0.00398. The van der Waals surface area contributed by atoms with Crippen LogP contribution in [-0.2, 0) is 11.8 Å². The molecule has 3 aromatic rings. The summed E-state index contributed by atoms with van der Waals surface area (Å²) in [5.74, 6) is 1.20. The Labute approximate surface area is 162 Å². The lowest BCUT2D eigenvalue weighted by molar-refractivity contribution is -0.119.